The molecular weight excluding hydrogens is 222 g/mol. The molecule has 0 fully saturated rings. The van der Waals surface area contributed by atoms with Crippen LogP contribution in [0.4, 0.5) is 0 Å². The van der Waals surface area contributed by atoms with Gasteiger partial charge in [-0.15, -0.1) is 0 Å². The van der Waals surface area contributed by atoms with Crippen LogP contribution in [0.25, 0.3) is 11.8 Å². The lowest BCUT2D eigenvalue weighted by atomic mass is 10.1. The SMILES string of the molecule is CN1C(=O)c2ccccc2/C1=C/c1ccccc1. The number of fused-ring (bicyclic) bond motifs is 1. The van der Waals surface area contributed by atoms with E-state index in [0.29, 0.717) is 0 Å². The van der Waals surface area contributed by atoms with E-state index < -0.39 is 0 Å². The smallest absolute Gasteiger partial charge is 0.258 e. The van der Waals surface area contributed by atoms with Crippen molar-refractivity contribution in [3.05, 3.63) is 71.3 Å². The summed E-state index contributed by atoms with van der Waals surface area (Å²) in [4.78, 5) is 13.8. The fourth-order valence-corrected chi connectivity index (χ4v) is 2.25. The number of carbonyl (C=O) groups excluding carboxylic acids is 1. The molecule has 18 heavy (non-hydrogen) atoms. The number of nitrogens with zero attached hydrogens (tertiary/aromatic N) is 1. The molecule has 2 aromatic rings. The molecule has 3 rings (SSSR count). The Morgan fingerprint density at radius 2 is 1.50 bits per heavy atom. The van der Waals surface area contributed by atoms with Crippen molar-refractivity contribution >= 4 is 17.7 Å². The van der Waals surface area contributed by atoms with Crippen molar-refractivity contribution in [2.45, 2.75) is 0 Å². The molecule has 0 N–H and O–H groups in total. The second-order valence-electron chi connectivity index (χ2n) is 4.35. The van der Waals surface area contributed by atoms with Gasteiger partial charge < -0.3 is 4.90 Å². The predicted molar refractivity (Wildman–Crippen MR) is 72.8 cm³/mol. The first-order chi connectivity index (χ1) is 8.77. The largest absolute Gasteiger partial charge is 0.311 e. The fraction of sp³-hybridized carbons (Fsp3) is 0.0625. The second-order valence-corrected chi connectivity index (χ2v) is 4.35. The summed E-state index contributed by atoms with van der Waals surface area (Å²) in [6.07, 6.45) is 2.05. The van der Waals surface area contributed by atoms with Crippen LogP contribution >= 0.6 is 0 Å². The Kier molecular flexibility index (Phi) is 2.49. The zero-order chi connectivity index (χ0) is 12.5. The molecular formula is C16H13NO. The molecule has 0 saturated carbocycles. The van der Waals surface area contributed by atoms with Crippen LogP contribution in [0.2, 0.25) is 0 Å². The number of hydrogen-bond acceptors (Lipinski definition) is 1. The van der Waals surface area contributed by atoms with Crippen molar-refractivity contribution in [3.8, 4) is 0 Å². The lowest BCUT2D eigenvalue weighted by Crippen LogP contribution is -2.16. The van der Waals surface area contributed by atoms with Gasteiger partial charge in [0.25, 0.3) is 5.91 Å². The van der Waals surface area contributed by atoms with Crippen LogP contribution in [0.3, 0.4) is 0 Å². The summed E-state index contributed by atoms with van der Waals surface area (Å²) in [5.41, 5.74) is 3.85. The molecule has 0 bridgehead atoms. The molecule has 0 radical (unpaired) electrons. The van der Waals surface area contributed by atoms with Gasteiger partial charge in [-0.2, -0.15) is 0 Å². The van der Waals surface area contributed by atoms with E-state index in [1.807, 2.05) is 67.7 Å². The summed E-state index contributed by atoms with van der Waals surface area (Å²) in [7, 11) is 1.82. The van der Waals surface area contributed by atoms with Crippen molar-refractivity contribution in [3.63, 3.8) is 0 Å². The van der Waals surface area contributed by atoms with Crippen molar-refractivity contribution in [2.75, 3.05) is 7.05 Å². The molecule has 1 heterocycles. The number of amides is 1. The summed E-state index contributed by atoms with van der Waals surface area (Å²) >= 11 is 0. The Bertz CT molecular complexity index is 629. The van der Waals surface area contributed by atoms with Crippen LogP contribution in [0.1, 0.15) is 21.5 Å². The third-order valence-corrected chi connectivity index (χ3v) is 3.20. The highest BCUT2D eigenvalue weighted by molar-refractivity contribution is 6.11. The van der Waals surface area contributed by atoms with Crippen molar-refractivity contribution < 1.29 is 4.79 Å². The molecule has 0 aliphatic carbocycles. The molecule has 0 unspecified atom stereocenters. The average Bonchev–Trinajstić information content (AvgIpc) is 2.66. The quantitative estimate of drug-likeness (QED) is 0.743. The summed E-state index contributed by atoms with van der Waals surface area (Å²) < 4.78 is 0. The standard InChI is InChI=1S/C16H13NO/c1-17-15(11-12-7-3-2-4-8-12)13-9-5-6-10-14(13)16(17)18/h2-11H,1H3/b15-11-. The maximum absolute atomic E-state index is 12.1. The molecule has 2 nitrogen and oxygen atoms in total. The Morgan fingerprint density at radius 3 is 2.22 bits per heavy atom. The van der Waals surface area contributed by atoms with Gasteiger partial charge in [-0.05, 0) is 17.7 Å². The summed E-state index contributed by atoms with van der Waals surface area (Å²) in [5.74, 6) is 0.0628. The predicted octanol–water partition coefficient (Wildman–Crippen LogP) is 3.27. The van der Waals surface area contributed by atoms with Gasteiger partial charge in [-0.1, -0.05) is 48.5 Å². The Balaban J connectivity index is 2.14. The summed E-state index contributed by atoms with van der Waals surface area (Å²) in [6, 6.07) is 17.8. The first kappa shape index (κ1) is 10.8. The molecule has 2 aromatic carbocycles. The van der Waals surface area contributed by atoms with Gasteiger partial charge in [0.15, 0.2) is 0 Å². The van der Waals surface area contributed by atoms with Crippen molar-refractivity contribution in [2.24, 2.45) is 0 Å². The lowest BCUT2D eigenvalue weighted by molar-refractivity contribution is 0.0875. The first-order valence-corrected chi connectivity index (χ1v) is 5.91. The highest BCUT2D eigenvalue weighted by Gasteiger charge is 2.28. The van der Waals surface area contributed by atoms with E-state index in [-0.39, 0.29) is 5.91 Å². The van der Waals surface area contributed by atoms with Gasteiger partial charge in [0, 0.05) is 18.2 Å². The maximum Gasteiger partial charge on any atom is 0.258 e. The van der Waals surface area contributed by atoms with E-state index in [2.05, 4.69) is 0 Å². The molecule has 1 amide bonds. The van der Waals surface area contributed by atoms with Crippen LogP contribution in [0.5, 0.6) is 0 Å². The lowest BCUT2D eigenvalue weighted by Gasteiger charge is -2.11. The minimum Gasteiger partial charge on any atom is -0.311 e. The van der Waals surface area contributed by atoms with Gasteiger partial charge >= 0.3 is 0 Å². The van der Waals surface area contributed by atoms with Gasteiger partial charge in [-0.3, -0.25) is 4.79 Å². The van der Waals surface area contributed by atoms with E-state index >= 15 is 0 Å². The van der Waals surface area contributed by atoms with Gasteiger partial charge in [0.05, 0.1) is 5.70 Å². The van der Waals surface area contributed by atoms with Crippen LogP contribution in [-0.2, 0) is 0 Å². The van der Waals surface area contributed by atoms with Crippen LogP contribution in [0, 0.1) is 0 Å². The normalized spacial score (nSPS) is 16.2. The number of rotatable bonds is 1. The minimum atomic E-state index is 0.0628. The molecule has 0 saturated heterocycles. The van der Waals surface area contributed by atoms with Crippen LogP contribution < -0.4 is 0 Å². The average molecular weight is 235 g/mol. The first-order valence-electron chi connectivity index (χ1n) is 5.91. The fourth-order valence-electron chi connectivity index (χ4n) is 2.25. The monoisotopic (exact) mass is 235 g/mol. The number of hydrogen-bond donors (Lipinski definition) is 0. The Morgan fingerprint density at radius 1 is 0.889 bits per heavy atom. The molecule has 2 heteroatoms. The second kappa shape index (κ2) is 4.15. The van der Waals surface area contributed by atoms with Gasteiger partial charge in [-0.25, -0.2) is 0 Å². The van der Waals surface area contributed by atoms with Crippen molar-refractivity contribution in [1.82, 2.24) is 4.90 Å². The van der Waals surface area contributed by atoms with Crippen LogP contribution in [0.15, 0.2) is 54.6 Å². The van der Waals surface area contributed by atoms with Gasteiger partial charge in [0.1, 0.15) is 0 Å². The van der Waals surface area contributed by atoms with E-state index in [0.717, 1.165) is 22.4 Å². The summed E-state index contributed by atoms with van der Waals surface area (Å²) in [6.45, 7) is 0. The maximum atomic E-state index is 12.1. The van der Waals surface area contributed by atoms with Gasteiger partial charge in [0.2, 0.25) is 0 Å². The number of benzene rings is 2. The highest BCUT2D eigenvalue weighted by atomic mass is 16.2. The third-order valence-electron chi connectivity index (χ3n) is 3.20. The number of carbonyl (C=O) groups is 1. The zero-order valence-corrected chi connectivity index (χ0v) is 10.1. The zero-order valence-electron chi connectivity index (χ0n) is 10.1. The van der Waals surface area contributed by atoms with Crippen molar-refractivity contribution in [1.29, 1.82) is 0 Å². The minimum absolute atomic E-state index is 0.0628. The molecule has 0 spiro atoms. The third kappa shape index (κ3) is 1.63. The van der Waals surface area contributed by atoms with E-state index in [1.54, 1.807) is 4.90 Å². The topological polar surface area (TPSA) is 20.3 Å². The van der Waals surface area contributed by atoms with Crippen LogP contribution in [-0.4, -0.2) is 17.9 Å². The molecule has 0 atom stereocenters. The van der Waals surface area contributed by atoms with E-state index in [4.69, 9.17) is 0 Å². The Labute approximate surface area is 106 Å². The molecule has 1 aliphatic heterocycles. The Hall–Kier alpha value is -2.35. The highest BCUT2D eigenvalue weighted by Crippen LogP contribution is 2.32. The molecule has 0 aromatic heterocycles. The summed E-state index contributed by atoms with van der Waals surface area (Å²) in [5, 5.41) is 0. The molecule has 88 valence electrons. The van der Waals surface area contributed by atoms with E-state index in [9.17, 15) is 4.79 Å². The van der Waals surface area contributed by atoms with E-state index in [1.165, 1.54) is 0 Å². The molecule has 1 aliphatic rings.